The van der Waals surface area contributed by atoms with Crippen LogP contribution in [0.4, 0.5) is 0 Å². The molecule has 11 nitrogen and oxygen atoms in total. The Hall–Kier alpha value is -4.10. The predicted molar refractivity (Wildman–Crippen MR) is 205 cm³/mol. The molecule has 0 saturated heterocycles. The smallest absolute Gasteiger partial charge is 0.237 e. The van der Waals surface area contributed by atoms with Gasteiger partial charge in [0, 0.05) is 24.5 Å². The molecule has 2 aromatic carbocycles. The Bertz CT molecular complexity index is 2130. The number of fused-ring (bicyclic) bond motifs is 4. The van der Waals surface area contributed by atoms with E-state index in [0.29, 0.717) is 11.4 Å². The minimum absolute atomic E-state index is 0.105. The van der Waals surface area contributed by atoms with E-state index in [-0.39, 0.29) is 35.3 Å². The average molecular weight is 758 g/mol. The molecular weight excluding hydrogens is 707 g/mol. The zero-order valence-electron chi connectivity index (χ0n) is 31.3. The van der Waals surface area contributed by atoms with Crippen molar-refractivity contribution < 1.29 is 18.0 Å². The van der Waals surface area contributed by atoms with Crippen molar-refractivity contribution in [1.82, 2.24) is 29.0 Å². The van der Waals surface area contributed by atoms with Crippen molar-refractivity contribution in [1.29, 1.82) is 4.78 Å². The highest BCUT2D eigenvalue weighted by molar-refractivity contribution is 7.91. The fourth-order valence-electron chi connectivity index (χ4n) is 8.53. The first kappa shape index (κ1) is 37.2. The van der Waals surface area contributed by atoms with Gasteiger partial charge < -0.3 is 0 Å². The number of hydrogen-bond donors (Lipinski definition) is 3. The van der Waals surface area contributed by atoms with E-state index in [0.717, 1.165) is 69.8 Å². The molecule has 4 aliphatic rings. The summed E-state index contributed by atoms with van der Waals surface area (Å²) in [5.74, 6) is -0.541. The van der Waals surface area contributed by atoms with Gasteiger partial charge in [0.2, 0.25) is 11.8 Å². The van der Waals surface area contributed by atoms with E-state index < -0.39 is 20.9 Å². The van der Waals surface area contributed by atoms with Gasteiger partial charge in [-0.2, -0.15) is 10.2 Å². The second-order valence-corrected chi connectivity index (χ2v) is 18.3. The van der Waals surface area contributed by atoms with Crippen LogP contribution < -0.4 is 9.44 Å². The minimum Gasteiger partial charge on any atom is -0.274 e. The summed E-state index contributed by atoms with van der Waals surface area (Å²) in [7, 11) is -5.06. The van der Waals surface area contributed by atoms with Gasteiger partial charge in [0.1, 0.15) is 0 Å². The zero-order valence-corrected chi connectivity index (χ0v) is 32.9. The highest BCUT2D eigenvalue weighted by Crippen LogP contribution is 2.36. The lowest BCUT2D eigenvalue weighted by molar-refractivity contribution is -0.119. The summed E-state index contributed by atoms with van der Waals surface area (Å²) in [6.45, 7) is 7.93. The summed E-state index contributed by atoms with van der Waals surface area (Å²) >= 11 is 0. The Morgan fingerprint density at radius 2 is 1.15 bits per heavy atom. The summed E-state index contributed by atoms with van der Waals surface area (Å²) in [6.07, 6.45) is 17.2. The molecule has 2 heterocycles. The van der Waals surface area contributed by atoms with Crippen LogP contribution in [0.1, 0.15) is 121 Å². The quantitative estimate of drug-likeness (QED) is 0.182. The molecule has 0 aliphatic heterocycles. The van der Waals surface area contributed by atoms with Crippen molar-refractivity contribution in [2.45, 2.75) is 140 Å². The molecule has 0 spiro atoms. The van der Waals surface area contributed by atoms with Crippen LogP contribution in [0.25, 0.3) is 0 Å². The van der Waals surface area contributed by atoms with E-state index in [2.05, 4.69) is 31.8 Å². The fourth-order valence-corrected chi connectivity index (χ4v) is 10.2. The summed E-state index contributed by atoms with van der Waals surface area (Å²) < 4.78 is 41.8. The number of aromatic nitrogens is 4. The fraction of sp³-hybridized carbons (Fsp3) is 0.500. The number of nitrogens with zero attached hydrogens (tertiary/aromatic N) is 4. The predicted octanol–water partition coefficient (Wildman–Crippen LogP) is 5.94. The number of rotatable bonds is 10. The molecule has 53 heavy (non-hydrogen) atoms. The van der Waals surface area contributed by atoms with Gasteiger partial charge in [-0.25, -0.2) is 13.2 Å². The van der Waals surface area contributed by atoms with Gasteiger partial charge in [0.25, 0.3) is 0 Å². The monoisotopic (exact) mass is 757 g/mol. The first-order valence-corrected chi connectivity index (χ1v) is 21.8. The lowest BCUT2D eigenvalue weighted by Gasteiger charge is -2.15. The van der Waals surface area contributed by atoms with Crippen molar-refractivity contribution in [3.8, 4) is 0 Å². The summed E-state index contributed by atoms with van der Waals surface area (Å²) in [5, 5.41) is 8.99. The van der Waals surface area contributed by atoms with E-state index in [1.807, 2.05) is 27.7 Å². The van der Waals surface area contributed by atoms with Crippen LogP contribution in [-0.4, -0.2) is 39.8 Å². The summed E-state index contributed by atoms with van der Waals surface area (Å²) in [4.78, 5) is 25.3. The summed E-state index contributed by atoms with van der Waals surface area (Å²) in [6, 6.07) is 8.26. The highest BCUT2D eigenvalue weighted by Gasteiger charge is 2.28. The van der Waals surface area contributed by atoms with Crippen molar-refractivity contribution in [3.05, 3.63) is 92.3 Å². The van der Waals surface area contributed by atoms with Gasteiger partial charge in [-0.05, 0) is 173 Å². The van der Waals surface area contributed by atoms with Gasteiger partial charge in [-0.3, -0.25) is 28.4 Å². The third-order valence-corrected chi connectivity index (χ3v) is 13.4. The van der Waals surface area contributed by atoms with Gasteiger partial charge in [0.05, 0.1) is 12.8 Å². The number of nitrogens with one attached hydrogen (secondary N) is 3. The van der Waals surface area contributed by atoms with E-state index in [9.17, 15) is 18.0 Å². The number of hydrogen-bond acceptors (Lipinski definition) is 7. The van der Waals surface area contributed by atoms with Gasteiger partial charge in [0.15, 0.2) is 31.0 Å². The maximum absolute atomic E-state index is 12.8. The topological polar surface area (TPSA) is 152 Å². The molecule has 4 aromatic rings. The molecule has 0 fully saturated rings. The maximum Gasteiger partial charge on any atom is 0.237 e. The number of benzene rings is 2. The minimum atomic E-state index is -3.45. The number of carbonyl (C=O) groups excluding carboxylic acids is 2. The highest BCUT2D eigenvalue weighted by atomic mass is 32.2. The molecule has 0 radical (unpaired) electrons. The van der Waals surface area contributed by atoms with E-state index in [1.165, 1.54) is 62.9 Å². The van der Waals surface area contributed by atoms with Crippen LogP contribution in [0.2, 0.25) is 0 Å². The SMILES string of the molecule is CC(C)n1ccc(S(=N)(=O)NC(=O)Cc2c3c(cc4c2CCC4)CCC3)n1.CC(C)n1ccc(S(=O)NC(=O)Cc2c3c(cc4c2CCC4)CCC3)n1. The molecule has 3 N–H and O–H groups in total. The van der Waals surface area contributed by atoms with E-state index in [4.69, 9.17) is 4.78 Å². The Kier molecular flexibility index (Phi) is 10.8. The lowest BCUT2D eigenvalue weighted by atomic mass is 9.92. The molecule has 0 saturated carbocycles. The zero-order chi connectivity index (χ0) is 37.4. The Balaban J connectivity index is 0.000000164. The third-order valence-electron chi connectivity index (χ3n) is 11.0. The van der Waals surface area contributed by atoms with Crippen LogP contribution in [0.15, 0.2) is 46.7 Å². The number of amides is 2. The van der Waals surface area contributed by atoms with Crippen LogP contribution in [0, 0.1) is 4.78 Å². The molecule has 8 rings (SSSR count). The Morgan fingerprint density at radius 1 is 0.717 bits per heavy atom. The van der Waals surface area contributed by atoms with Gasteiger partial charge in [-0.1, -0.05) is 12.1 Å². The van der Waals surface area contributed by atoms with Crippen molar-refractivity contribution in [2.24, 2.45) is 0 Å². The van der Waals surface area contributed by atoms with Crippen LogP contribution in [-0.2, 0) is 94.7 Å². The largest absolute Gasteiger partial charge is 0.274 e. The van der Waals surface area contributed by atoms with Crippen LogP contribution in [0.5, 0.6) is 0 Å². The first-order valence-electron chi connectivity index (χ1n) is 19.1. The van der Waals surface area contributed by atoms with Gasteiger partial charge in [-0.15, -0.1) is 0 Å². The maximum atomic E-state index is 12.8. The molecule has 2 aromatic heterocycles. The first-order chi connectivity index (χ1) is 25.4. The molecular formula is C40H51N7O4S2. The molecule has 0 bridgehead atoms. The molecule has 4 aliphatic carbocycles. The Labute approximate surface area is 315 Å². The molecule has 2 unspecified atom stereocenters. The molecule has 2 atom stereocenters. The second-order valence-electron chi connectivity index (χ2n) is 15.4. The van der Waals surface area contributed by atoms with Crippen LogP contribution >= 0.6 is 0 Å². The summed E-state index contributed by atoms with van der Waals surface area (Å²) in [5.41, 5.74) is 13.3. The third kappa shape index (κ3) is 7.92. The average Bonchev–Trinajstić information content (AvgIpc) is 3.96. The number of carbonyl (C=O) groups is 2. The molecule has 13 heteroatoms. The van der Waals surface area contributed by atoms with Crippen LogP contribution in [0.3, 0.4) is 0 Å². The van der Waals surface area contributed by atoms with E-state index in [1.54, 1.807) is 33.9 Å². The van der Waals surface area contributed by atoms with Crippen molar-refractivity contribution in [2.75, 3.05) is 0 Å². The normalized spacial score (nSPS) is 17.1. The molecule has 2 amide bonds. The van der Waals surface area contributed by atoms with E-state index >= 15 is 0 Å². The molecule has 282 valence electrons. The number of aryl methyl sites for hydroxylation is 4. The van der Waals surface area contributed by atoms with Crippen molar-refractivity contribution in [3.63, 3.8) is 0 Å². The van der Waals surface area contributed by atoms with Gasteiger partial charge >= 0.3 is 0 Å². The van der Waals surface area contributed by atoms with Crippen molar-refractivity contribution >= 4 is 32.7 Å². The lowest BCUT2D eigenvalue weighted by Crippen LogP contribution is -2.32. The second kappa shape index (κ2) is 15.3. The Morgan fingerprint density at radius 3 is 1.58 bits per heavy atom. The standard InChI is InChI=1S/C20H26N4O2S.C20H25N3O2S/c1-13(2)24-10-9-20(22-24)27(21,26)23-19(25)12-18-16-7-3-5-14(16)11-15-6-4-8-17(15)18;1-13(2)23-10-9-20(21-23)26(25)22-19(24)12-18-16-7-3-5-14(16)11-15-6-4-8-17(15)18/h9-11,13H,3-8,12H2,1-2H3,(H2,21,23,25,26);9-11,13H,3-8,12H2,1-2H3,(H,22,24).